The van der Waals surface area contributed by atoms with Gasteiger partial charge in [-0.15, -0.1) is 11.6 Å². The van der Waals surface area contributed by atoms with Crippen LogP contribution in [-0.2, 0) is 9.53 Å². The quantitative estimate of drug-likeness (QED) is 0.170. The van der Waals surface area contributed by atoms with Crippen LogP contribution in [0.5, 0.6) is 0 Å². The first-order valence-electron chi connectivity index (χ1n) is 9.91. The zero-order valence-corrected chi connectivity index (χ0v) is 16.5. The Bertz CT molecular complexity index is 266. The number of halogens is 1. The van der Waals surface area contributed by atoms with Crippen molar-refractivity contribution in [3.05, 3.63) is 0 Å². The van der Waals surface area contributed by atoms with Gasteiger partial charge in [-0.05, 0) is 20.3 Å². The fourth-order valence-electron chi connectivity index (χ4n) is 2.65. The molecule has 0 radical (unpaired) electrons. The number of hydrogen-bond donors (Lipinski definition) is 0. The van der Waals surface area contributed by atoms with Crippen molar-refractivity contribution in [3.63, 3.8) is 0 Å². The first-order valence-corrected chi connectivity index (χ1v) is 10.3. The lowest BCUT2D eigenvalue weighted by Crippen LogP contribution is -2.22. The van der Waals surface area contributed by atoms with Crippen LogP contribution >= 0.6 is 11.6 Å². The molecule has 2 nitrogen and oxygen atoms in total. The normalized spacial score (nSPS) is 13.7. The lowest BCUT2D eigenvalue weighted by molar-refractivity contribution is -0.148. The Morgan fingerprint density at radius 2 is 1.17 bits per heavy atom. The second kappa shape index (κ2) is 16.6. The second-order valence-electron chi connectivity index (χ2n) is 6.87. The lowest BCUT2D eigenvalue weighted by atomic mass is 10.0. The standard InChI is InChI=1S/C20H39ClO2/c1-4-5-6-7-8-9-10-11-12-13-14-15-16-17-20(22)23-19(3)18(2)21/h18-19H,4-17H2,1-3H3. The smallest absolute Gasteiger partial charge is 0.306 e. The first kappa shape index (κ1) is 22.8. The molecule has 3 heteroatoms. The molecule has 0 rings (SSSR count). The highest BCUT2D eigenvalue weighted by atomic mass is 35.5. The van der Waals surface area contributed by atoms with Crippen molar-refractivity contribution in [2.45, 2.75) is 122 Å². The third kappa shape index (κ3) is 16.4. The summed E-state index contributed by atoms with van der Waals surface area (Å²) in [6.07, 6.45) is 17.5. The summed E-state index contributed by atoms with van der Waals surface area (Å²) in [4.78, 5) is 11.6. The maximum atomic E-state index is 11.6. The highest BCUT2D eigenvalue weighted by Crippen LogP contribution is 2.13. The summed E-state index contributed by atoms with van der Waals surface area (Å²) in [5.41, 5.74) is 0. The van der Waals surface area contributed by atoms with Crippen LogP contribution < -0.4 is 0 Å². The van der Waals surface area contributed by atoms with Crippen molar-refractivity contribution in [1.29, 1.82) is 0 Å². The zero-order chi connectivity index (χ0) is 17.3. The third-order valence-electron chi connectivity index (χ3n) is 4.45. The summed E-state index contributed by atoms with van der Waals surface area (Å²) in [6, 6.07) is 0. The molecule has 0 aliphatic carbocycles. The maximum Gasteiger partial charge on any atom is 0.306 e. The van der Waals surface area contributed by atoms with E-state index < -0.39 is 0 Å². The Morgan fingerprint density at radius 1 is 0.783 bits per heavy atom. The number of carbonyl (C=O) groups excluding carboxylic acids is 1. The molecule has 0 bridgehead atoms. The van der Waals surface area contributed by atoms with Gasteiger partial charge in [0.2, 0.25) is 0 Å². The zero-order valence-electron chi connectivity index (χ0n) is 15.7. The van der Waals surface area contributed by atoms with Gasteiger partial charge in [0.1, 0.15) is 6.10 Å². The van der Waals surface area contributed by atoms with E-state index in [1.165, 1.54) is 70.6 Å². The third-order valence-corrected chi connectivity index (χ3v) is 4.80. The Kier molecular flexibility index (Phi) is 16.4. The molecule has 0 aromatic rings. The predicted molar refractivity (Wildman–Crippen MR) is 101 cm³/mol. The average molecular weight is 347 g/mol. The SMILES string of the molecule is CCCCCCCCCCCCCCCC(=O)OC(C)C(C)Cl. The van der Waals surface area contributed by atoms with Crippen LogP contribution in [0.1, 0.15) is 111 Å². The largest absolute Gasteiger partial charge is 0.461 e. The molecule has 0 heterocycles. The average Bonchev–Trinajstić information content (AvgIpc) is 2.51. The van der Waals surface area contributed by atoms with Gasteiger partial charge >= 0.3 is 5.97 Å². The molecule has 2 unspecified atom stereocenters. The van der Waals surface area contributed by atoms with Crippen molar-refractivity contribution in [1.82, 2.24) is 0 Å². The minimum Gasteiger partial charge on any atom is -0.461 e. The van der Waals surface area contributed by atoms with Gasteiger partial charge in [0, 0.05) is 6.42 Å². The van der Waals surface area contributed by atoms with E-state index >= 15 is 0 Å². The summed E-state index contributed by atoms with van der Waals surface area (Å²) in [5.74, 6) is -0.104. The minimum absolute atomic E-state index is 0.104. The number of alkyl halides is 1. The Balaban J connectivity index is 3.20. The van der Waals surface area contributed by atoms with Crippen molar-refractivity contribution in [2.75, 3.05) is 0 Å². The molecule has 0 amide bonds. The van der Waals surface area contributed by atoms with Gasteiger partial charge in [-0.3, -0.25) is 4.79 Å². The molecule has 0 spiro atoms. The summed E-state index contributed by atoms with van der Waals surface area (Å²) in [6.45, 7) is 5.97. The molecular weight excluding hydrogens is 308 g/mol. The number of rotatable bonds is 16. The van der Waals surface area contributed by atoms with Crippen molar-refractivity contribution in [2.24, 2.45) is 0 Å². The molecule has 0 aliphatic heterocycles. The number of unbranched alkanes of at least 4 members (excludes halogenated alkanes) is 12. The highest BCUT2D eigenvalue weighted by Gasteiger charge is 2.13. The molecule has 0 fully saturated rings. The van der Waals surface area contributed by atoms with Gasteiger partial charge in [0.25, 0.3) is 0 Å². The van der Waals surface area contributed by atoms with Gasteiger partial charge in [-0.2, -0.15) is 0 Å². The maximum absolute atomic E-state index is 11.6. The van der Waals surface area contributed by atoms with E-state index in [2.05, 4.69) is 6.92 Å². The Morgan fingerprint density at radius 3 is 1.57 bits per heavy atom. The number of carbonyl (C=O) groups is 1. The van der Waals surface area contributed by atoms with Crippen molar-refractivity contribution >= 4 is 17.6 Å². The molecule has 0 aromatic carbocycles. The van der Waals surface area contributed by atoms with Crippen LogP contribution in [0.15, 0.2) is 0 Å². The van der Waals surface area contributed by atoms with E-state index in [1.807, 2.05) is 13.8 Å². The summed E-state index contributed by atoms with van der Waals surface area (Å²) in [7, 11) is 0. The van der Waals surface area contributed by atoms with Gasteiger partial charge in [0.05, 0.1) is 5.38 Å². The van der Waals surface area contributed by atoms with E-state index in [1.54, 1.807) is 0 Å². The van der Waals surface area contributed by atoms with Gasteiger partial charge in [-0.25, -0.2) is 0 Å². The molecule has 0 aromatic heterocycles. The topological polar surface area (TPSA) is 26.3 Å². The first-order chi connectivity index (χ1) is 11.1. The number of hydrogen-bond acceptors (Lipinski definition) is 2. The highest BCUT2D eigenvalue weighted by molar-refractivity contribution is 6.20. The van der Waals surface area contributed by atoms with E-state index in [4.69, 9.17) is 16.3 Å². The summed E-state index contributed by atoms with van der Waals surface area (Å²) < 4.78 is 5.25. The van der Waals surface area contributed by atoms with Gasteiger partial charge in [0.15, 0.2) is 0 Å². The van der Waals surface area contributed by atoms with Crippen LogP contribution in [0.4, 0.5) is 0 Å². The van der Waals surface area contributed by atoms with Crippen LogP contribution in [0.25, 0.3) is 0 Å². The number of esters is 1. The fraction of sp³-hybridized carbons (Fsp3) is 0.950. The molecular formula is C20H39ClO2. The number of ether oxygens (including phenoxy) is 1. The summed E-state index contributed by atoms with van der Waals surface area (Å²) >= 11 is 5.88. The van der Waals surface area contributed by atoms with Crippen molar-refractivity contribution < 1.29 is 9.53 Å². The van der Waals surface area contributed by atoms with Crippen LogP contribution in [0, 0.1) is 0 Å². The molecule has 0 saturated carbocycles. The van der Waals surface area contributed by atoms with Crippen molar-refractivity contribution in [3.8, 4) is 0 Å². The predicted octanol–water partition coefficient (Wildman–Crippen LogP) is 7.03. The van der Waals surface area contributed by atoms with E-state index in [0.717, 1.165) is 12.8 Å². The van der Waals surface area contributed by atoms with Crippen LogP contribution in [0.3, 0.4) is 0 Å². The minimum atomic E-state index is -0.189. The Labute approximate surface area is 149 Å². The Hall–Kier alpha value is -0.240. The van der Waals surface area contributed by atoms with E-state index in [-0.39, 0.29) is 17.5 Å². The molecule has 0 aliphatic rings. The van der Waals surface area contributed by atoms with Crippen LogP contribution in [-0.4, -0.2) is 17.5 Å². The van der Waals surface area contributed by atoms with Crippen LogP contribution in [0.2, 0.25) is 0 Å². The molecule has 23 heavy (non-hydrogen) atoms. The molecule has 0 saturated heterocycles. The van der Waals surface area contributed by atoms with E-state index in [0.29, 0.717) is 6.42 Å². The molecule has 0 N–H and O–H groups in total. The second-order valence-corrected chi connectivity index (χ2v) is 7.55. The van der Waals surface area contributed by atoms with Gasteiger partial charge < -0.3 is 4.74 Å². The molecule has 138 valence electrons. The van der Waals surface area contributed by atoms with Gasteiger partial charge in [-0.1, -0.05) is 84.0 Å². The summed E-state index contributed by atoms with van der Waals surface area (Å²) in [5, 5.41) is -0.120. The monoisotopic (exact) mass is 346 g/mol. The lowest BCUT2D eigenvalue weighted by Gasteiger charge is -2.14. The van der Waals surface area contributed by atoms with E-state index in [9.17, 15) is 4.79 Å². The fourth-order valence-corrected chi connectivity index (χ4v) is 2.70. The molecule has 2 atom stereocenters.